The number of rotatable bonds is 3. The van der Waals surface area contributed by atoms with Crippen molar-refractivity contribution >= 4 is 11.8 Å². The summed E-state index contributed by atoms with van der Waals surface area (Å²) in [5, 5.41) is 10.5. The van der Waals surface area contributed by atoms with Crippen LogP contribution in [0.2, 0.25) is 0 Å². The summed E-state index contributed by atoms with van der Waals surface area (Å²) in [5.74, 6) is 0. The van der Waals surface area contributed by atoms with Crippen LogP contribution in [0.5, 0.6) is 0 Å². The molecule has 0 radical (unpaired) electrons. The third-order valence-corrected chi connectivity index (χ3v) is 3.49. The van der Waals surface area contributed by atoms with Crippen molar-refractivity contribution in [3.8, 4) is 0 Å². The maximum absolute atomic E-state index is 9.74. The Morgan fingerprint density at radius 3 is 2.33 bits per heavy atom. The van der Waals surface area contributed by atoms with Gasteiger partial charge in [0.05, 0.1) is 6.10 Å². The van der Waals surface area contributed by atoms with Crippen molar-refractivity contribution < 1.29 is 5.11 Å². The van der Waals surface area contributed by atoms with Gasteiger partial charge in [-0.2, -0.15) is 0 Å². The largest absolute Gasteiger partial charge is 0.389 e. The molecular weight excluding hydrogens is 244 g/mol. The Morgan fingerprint density at radius 2 is 1.72 bits per heavy atom. The molecule has 0 saturated carbocycles. The second-order valence-corrected chi connectivity index (χ2v) is 5.26. The zero-order valence-corrected chi connectivity index (χ0v) is 11.5. The number of nitrogens with zero attached hydrogens (tertiary/aromatic N) is 2. The van der Waals surface area contributed by atoms with Crippen molar-refractivity contribution in [1.29, 1.82) is 0 Å². The van der Waals surface area contributed by atoms with Crippen molar-refractivity contribution in [3.05, 3.63) is 47.3 Å². The van der Waals surface area contributed by atoms with Gasteiger partial charge in [-0.25, -0.2) is 9.97 Å². The van der Waals surface area contributed by atoms with E-state index in [0.29, 0.717) is 0 Å². The second kappa shape index (κ2) is 5.50. The molecule has 1 aromatic carbocycles. The number of aliphatic hydroxyl groups excluding tert-OH is 1. The van der Waals surface area contributed by atoms with E-state index in [9.17, 15) is 5.11 Å². The van der Waals surface area contributed by atoms with Crippen LogP contribution >= 0.6 is 11.8 Å². The van der Waals surface area contributed by atoms with E-state index < -0.39 is 6.10 Å². The van der Waals surface area contributed by atoms with Gasteiger partial charge in [-0.15, -0.1) is 0 Å². The Morgan fingerprint density at radius 1 is 1.11 bits per heavy atom. The highest BCUT2D eigenvalue weighted by Crippen LogP contribution is 2.31. The summed E-state index contributed by atoms with van der Waals surface area (Å²) in [6.45, 7) is 5.68. The Kier molecular flexibility index (Phi) is 3.99. The predicted octanol–water partition coefficient (Wildman–Crippen LogP) is 3.30. The number of aromatic nitrogens is 2. The fraction of sp³-hybridized carbons (Fsp3) is 0.286. The highest BCUT2D eigenvalue weighted by molar-refractivity contribution is 7.99. The van der Waals surface area contributed by atoms with Gasteiger partial charge in [0.1, 0.15) is 0 Å². The Labute approximate surface area is 111 Å². The smallest absolute Gasteiger partial charge is 0.192 e. The SMILES string of the molecule is Cc1cc(C)nc(Sc2ccccc2[C@H](C)O)n1. The monoisotopic (exact) mass is 260 g/mol. The molecule has 0 aliphatic rings. The number of benzene rings is 1. The standard InChI is InChI=1S/C14H16N2OS/c1-9-8-10(2)16-14(15-9)18-13-7-5-4-6-12(13)11(3)17/h4-8,11,17H,1-3H3/t11-/m0/s1. The third kappa shape index (κ3) is 3.09. The lowest BCUT2D eigenvalue weighted by Gasteiger charge is -2.10. The van der Waals surface area contributed by atoms with E-state index in [1.807, 2.05) is 44.2 Å². The fourth-order valence-corrected chi connectivity index (χ4v) is 2.84. The summed E-state index contributed by atoms with van der Waals surface area (Å²) >= 11 is 1.49. The first-order valence-electron chi connectivity index (χ1n) is 5.83. The van der Waals surface area contributed by atoms with Crippen LogP contribution in [0.4, 0.5) is 0 Å². The maximum atomic E-state index is 9.74. The average Bonchev–Trinajstić information content (AvgIpc) is 2.27. The summed E-state index contributed by atoms with van der Waals surface area (Å²) in [6.07, 6.45) is -0.486. The zero-order chi connectivity index (χ0) is 13.1. The molecule has 2 aromatic rings. The van der Waals surface area contributed by atoms with E-state index in [2.05, 4.69) is 9.97 Å². The number of hydrogen-bond acceptors (Lipinski definition) is 4. The Balaban J connectivity index is 2.34. The highest BCUT2D eigenvalue weighted by atomic mass is 32.2. The molecule has 2 rings (SSSR count). The first-order chi connectivity index (χ1) is 8.56. The number of aliphatic hydroxyl groups is 1. The van der Waals surface area contributed by atoms with Gasteiger partial charge in [0, 0.05) is 16.3 Å². The van der Waals surface area contributed by atoms with E-state index in [1.54, 1.807) is 6.92 Å². The molecule has 1 aromatic heterocycles. The lowest BCUT2D eigenvalue weighted by Crippen LogP contribution is -1.96. The molecule has 3 nitrogen and oxygen atoms in total. The summed E-state index contributed by atoms with van der Waals surface area (Å²) < 4.78 is 0. The van der Waals surface area contributed by atoms with Crippen LogP contribution in [-0.2, 0) is 0 Å². The molecule has 4 heteroatoms. The van der Waals surface area contributed by atoms with Crippen molar-refractivity contribution in [2.75, 3.05) is 0 Å². The molecule has 0 saturated heterocycles. The molecule has 0 fully saturated rings. The van der Waals surface area contributed by atoms with Gasteiger partial charge in [-0.1, -0.05) is 18.2 Å². The molecule has 1 N–H and O–H groups in total. The van der Waals surface area contributed by atoms with Crippen LogP contribution < -0.4 is 0 Å². The fourth-order valence-electron chi connectivity index (χ4n) is 1.76. The van der Waals surface area contributed by atoms with Crippen molar-refractivity contribution in [2.45, 2.75) is 36.9 Å². The summed E-state index contributed by atoms with van der Waals surface area (Å²) in [6, 6.07) is 9.74. The second-order valence-electron chi connectivity index (χ2n) is 4.25. The zero-order valence-electron chi connectivity index (χ0n) is 10.7. The maximum Gasteiger partial charge on any atom is 0.192 e. The first-order valence-corrected chi connectivity index (χ1v) is 6.65. The highest BCUT2D eigenvalue weighted by Gasteiger charge is 2.10. The molecule has 0 aliphatic heterocycles. The number of aryl methyl sites for hydroxylation is 2. The van der Waals surface area contributed by atoms with Gasteiger partial charge in [0.25, 0.3) is 0 Å². The van der Waals surface area contributed by atoms with Gasteiger partial charge >= 0.3 is 0 Å². The van der Waals surface area contributed by atoms with Gasteiger partial charge in [-0.3, -0.25) is 0 Å². The Bertz CT molecular complexity index is 535. The third-order valence-electron chi connectivity index (χ3n) is 2.53. The van der Waals surface area contributed by atoms with Gasteiger partial charge < -0.3 is 5.11 Å². The van der Waals surface area contributed by atoms with E-state index in [1.165, 1.54) is 11.8 Å². The van der Waals surface area contributed by atoms with E-state index in [0.717, 1.165) is 27.0 Å². The van der Waals surface area contributed by atoms with Gasteiger partial charge in [0.2, 0.25) is 0 Å². The van der Waals surface area contributed by atoms with Crippen LogP contribution in [0, 0.1) is 13.8 Å². The molecule has 18 heavy (non-hydrogen) atoms. The minimum absolute atomic E-state index is 0.486. The Hall–Kier alpha value is -1.39. The van der Waals surface area contributed by atoms with Crippen molar-refractivity contribution in [3.63, 3.8) is 0 Å². The molecule has 0 amide bonds. The molecular formula is C14H16N2OS. The van der Waals surface area contributed by atoms with Crippen LogP contribution in [0.1, 0.15) is 30.0 Å². The van der Waals surface area contributed by atoms with E-state index in [4.69, 9.17) is 0 Å². The quantitative estimate of drug-likeness (QED) is 0.860. The molecule has 0 bridgehead atoms. The minimum Gasteiger partial charge on any atom is -0.389 e. The predicted molar refractivity (Wildman–Crippen MR) is 72.7 cm³/mol. The van der Waals surface area contributed by atoms with Crippen LogP contribution in [0.3, 0.4) is 0 Å². The molecule has 0 unspecified atom stereocenters. The average molecular weight is 260 g/mol. The normalized spacial score (nSPS) is 12.4. The van der Waals surface area contributed by atoms with Gasteiger partial charge in [0.15, 0.2) is 5.16 Å². The van der Waals surface area contributed by atoms with Crippen molar-refractivity contribution in [2.24, 2.45) is 0 Å². The van der Waals surface area contributed by atoms with Crippen LogP contribution in [0.25, 0.3) is 0 Å². The van der Waals surface area contributed by atoms with Gasteiger partial charge in [-0.05, 0) is 50.2 Å². The minimum atomic E-state index is -0.486. The first kappa shape index (κ1) is 13.1. The summed E-state index contributed by atoms with van der Waals surface area (Å²) in [7, 11) is 0. The van der Waals surface area contributed by atoms with Crippen LogP contribution in [-0.4, -0.2) is 15.1 Å². The molecule has 1 heterocycles. The summed E-state index contributed by atoms with van der Waals surface area (Å²) in [5.41, 5.74) is 2.82. The molecule has 0 spiro atoms. The molecule has 94 valence electrons. The van der Waals surface area contributed by atoms with E-state index >= 15 is 0 Å². The molecule has 0 aliphatic carbocycles. The topological polar surface area (TPSA) is 46.0 Å². The molecule has 1 atom stereocenters. The van der Waals surface area contributed by atoms with E-state index in [-0.39, 0.29) is 0 Å². The number of hydrogen-bond donors (Lipinski definition) is 1. The van der Waals surface area contributed by atoms with Crippen LogP contribution in [0.15, 0.2) is 40.4 Å². The van der Waals surface area contributed by atoms with Crippen molar-refractivity contribution in [1.82, 2.24) is 9.97 Å². The lowest BCUT2D eigenvalue weighted by molar-refractivity contribution is 0.196. The lowest BCUT2D eigenvalue weighted by atomic mass is 10.1. The summed E-state index contributed by atoms with van der Waals surface area (Å²) in [4.78, 5) is 9.80.